The van der Waals surface area contributed by atoms with Crippen LogP contribution in [-0.2, 0) is 6.42 Å². The van der Waals surface area contributed by atoms with Gasteiger partial charge in [0.05, 0.1) is 11.7 Å². The number of aryl methyl sites for hydroxylation is 1. The van der Waals surface area contributed by atoms with E-state index in [-0.39, 0.29) is 0 Å². The molecule has 0 aromatic carbocycles. The molecule has 0 radical (unpaired) electrons. The Hall–Kier alpha value is -0.310. The van der Waals surface area contributed by atoms with E-state index in [1.54, 1.807) is 0 Å². The van der Waals surface area contributed by atoms with Crippen LogP contribution in [0.25, 0.3) is 0 Å². The lowest BCUT2D eigenvalue weighted by Crippen LogP contribution is -2.20. The van der Waals surface area contributed by atoms with Crippen LogP contribution in [0.3, 0.4) is 0 Å². The molecule has 0 spiro atoms. The van der Waals surface area contributed by atoms with Crippen molar-refractivity contribution in [2.45, 2.75) is 70.2 Å². The van der Waals surface area contributed by atoms with Gasteiger partial charge in [-0.3, -0.25) is 4.68 Å². The summed E-state index contributed by atoms with van der Waals surface area (Å²) < 4.78 is 2.20. The Balaban J connectivity index is 1.87. The van der Waals surface area contributed by atoms with Gasteiger partial charge in [-0.1, -0.05) is 49.5 Å². The quantitative estimate of drug-likeness (QED) is 0.734. The summed E-state index contributed by atoms with van der Waals surface area (Å²) in [6.07, 6.45) is 9.76. The van der Waals surface area contributed by atoms with Crippen LogP contribution in [0.5, 0.6) is 0 Å². The number of aromatic nitrogens is 2. The zero-order chi connectivity index (χ0) is 13.2. The standard InChI is InChI=1S/C15H25BrN2/c1-15(2,3)14(16)9-8-12-10-11-18(17-12)13-6-4-5-7-13/h10-11,13-14H,4-9H2,1-3H3. The van der Waals surface area contributed by atoms with Crippen LogP contribution >= 0.6 is 15.9 Å². The van der Waals surface area contributed by atoms with Crippen molar-refractivity contribution in [3.05, 3.63) is 18.0 Å². The zero-order valence-corrected chi connectivity index (χ0v) is 13.4. The SMILES string of the molecule is CC(C)(C)C(Br)CCc1ccn(C2CCCC2)n1. The van der Waals surface area contributed by atoms with Crippen LogP contribution in [0.15, 0.2) is 12.3 Å². The van der Waals surface area contributed by atoms with E-state index in [0.29, 0.717) is 16.3 Å². The zero-order valence-electron chi connectivity index (χ0n) is 11.8. The number of hydrogen-bond donors (Lipinski definition) is 0. The number of alkyl halides is 1. The van der Waals surface area contributed by atoms with Crippen molar-refractivity contribution in [2.75, 3.05) is 0 Å². The smallest absolute Gasteiger partial charge is 0.0625 e. The van der Waals surface area contributed by atoms with Crippen molar-refractivity contribution in [2.24, 2.45) is 5.41 Å². The maximum atomic E-state index is 4.74. The molecule has 102 valence electrons. The average Bonchev–Trinajstić information content (AvgIpc) is 2.94. The minimum atomic E-state index is 0.327. The highest BCUT2D eigenvalue weighted by molar-refractivity contribution is 9.09. The first kappa shape index (κ1) is 14.1. The fraction of sp³-hybridized carbons (Fsp3) is 0.800. The highest BCUT2D eigenvalue weighted by Gasteiger charge is 2.22. The molecule has 2 nitrogen and oxygen atoms in total. The van der Waals surface area contributed by atoms with E-state index in [0.717, 1.165) is 12.8 Å². The maximum absolute atomic E-state index is 4.74. The fourth-order valence-corrected chi connectivity index (χ4v) is 2.82. The Kier molecular flexibility index (Phi) is 4.52. The lowest BCUT2D eigenvalue weighted by Gasteiger charge is -2.25. The van der Waals surface area contributed by atoms with Gasteiger partial charge < -0.3 is 0 Å². The van der Waals surface area contributed by atoms with Crippen LogP contribution in [0.1, 0.15) is 64.6 Å². The van der Waals surface area contributed by atoms with Crippen molar-refractivity contribution in [1.29, 1.82) is 0 Å². The summed E-state index contributed by atoms with van der Waals surface area (Å²) in [6, 6.07) is 2.86. The predicted molar refractivity (Wildman–Crippen MR) is 80.2 cm³/mol. The number of nitrogens with zero attached hydrogens (tertiary/aromatic N) is 2. The van der Waals surface area contributed by atoms with Gasteiger partial charge in [-0.05, 0) is 37.2 Å². The third kappa shape index (κ3) is 3.59. The second-order valence-electron chi connectivity index (χ2n) is 6.60. The van der Waals surface area contributed by atoms with E-state index in [4.69, 9.17) is 5.10 Å². The monoisotopic (exact) mass is 312 g/mol. The highest BCUT2D eigenvalue weighted by atomic mass is 79.9. The van der Waals surface area contributed by atoms with Crippen LogP contribution in [0.2, 0.25) is 0 Å². The molecular formula is C15H25BrN2. The average molecular weight is 313 g/mol. The van der Waals surface area contributed by atoms with Crippen LogP contribution in [0, 0.1) is 5.41 Å². The van der Waals surface area contributed by atoms with Gasteiger partial charge in [-0.25, -0.2) is 0 Å². The van der Waals surface area contributed by atoms with Gasteiger partial charge in [0.2, 0.25) is 0 Å². The van der Waals surface area contributed by atoms with E-state index in [2.05, 4.69) is 53.6 Å². The molecule has 18 heavy (non-hydrogen) atoms. The molecule has 1 saturated carbocycles. The molecule has 1 atom stereocenters. The van der Waals surface area contributed by atoms with E-state index in [1.165, 1.54) is 31.4 Å². The maximum Gasteiger partial charge on any atom is 0.0625 e. The summed E-state index contributed by atoms with van der Waals surface area (Å²) >= 11 is 3.79. The van der Waals surface area contributed by atoms with Gasteiger partial charge in [-0.2, -0.15) is 5.10 Å². The molecule has 1 aromatic heterocycles. The molecule has 3 heteroatoms. The largest absolute Gasteiger partial charge is 0.269 e. The van der Waals surface area contributed by atoms with Gasteiger partial charge in [-0.15, -0.1) is 0 Å². The molecule has 1 aromatic rings. The van der Waals surface area contributed by atoms with Crippen molar-refractivity contribution < 1.29 is 0 Å². The lowest BCUT2D eigenvalue weighted by molar-refractivity contribution is 0.384. The third-order valence-electron chi connectivity index (χ3n) is 3.96. The minimum absolute atomic E-state index is 0.327. The molecule has 0 aliphatic heterocycles. The second-order valence-corrected chi connectivity index (χ2v) is 7.70. The van der Waals surface area contributed by atoms with Crippen LogP contribution in [0.4, 0.5) is 0 Å². The van der Waals surface area contributed by atoms with Gasteiger partial charge in [0.25, 0.3) is 0 Å². The molecule has 0 N–H and O–H groups in total. The Morgan fingerprint density at radius 3 is 2.67 bits per heavy atom. The third-order valence-corrected chi connectivity index (χ3v) is 5.79. The molecule has 0 saturated heterocycles. The molecule has 0 bridgehead atoms. The molecule has 2 rings (SSSR count). The predicted octanol–water partition coefficient (Wildman–Crippen LogP) is 4.74. The minimum Gasteiger partial charge on any atom is -0.269 e. The molecule has 1 unspecified atom stereocenters. The first-order valence-corrected chi connectivity index (χ1v) is 8.06. The molecule has 1 heterocycles. The summed E-state index contributed by atoms with van der Waals surface area (Å²) in [5.74, 6) is 0. The second kappa shape index (κ2) is 5.77. The van der Waals surface area contributed by atoms with Crippen molar-refractivity contribution in [1.82, 2.24) is 9.78 Å². The Bertz CT molecular complexity index is 372. The van der Waals surface area contributed by atoms with E-state index >= 15 is 0 Å². The molecular weight excluding hydrogens is 288 g/mol. The van der Waals surface area contributed by atoms with Crippen LogP contribution < -0.4 is 0 Å². The van der Waals surface area contributed by atoms with Crippen molar-refractivity contribution in [3.63, 3.8) is 0 Å². The van der Waals surface area contributed by atoms with Gasteiger partial charge >= 0.3 is 0 Å². The van der Waals surface area contributed by atoms with Gasteiger partial charge in [0, 0.05) is 11.0 Å². The van der Waals surface area contributed by atoms with Crippen molar-refractivity contribution in [3.8, 4) is 0 Å². The lowest BCUT2D eigenvalue weighted by atomic mass is 9.89. The van der Waals surface area contributed by atoms with E-state index in [9.17, 15) is 0 Å². The van der Waals surface area contributed by atoms with Crippen LogP contribution in [-0.4, -0.2) is 14.6 Å². The fourth-order valence-electron chi connectivity index (χ4n) is 2.59. The molecule has 1 aliphatic rings. The van der Waals surface area contributed by atoms with E-state index in [1.807, 2.05) is 0 Å². The highest BCUT2D eigenvalue weighted by Crippen LogP contribution is 2.31. The van der Waals surface area contributed by atoms with Crippen molar-refractivity contribution >= 4 is 15.9 Å². The van der Waals surface area contributed by atoms with Gasteiger partial charge in [0.1, 0.15) is 0 Å². The molecule has 0 amide bonds. The summed E-state index contributed by atoms with van der Waals surface area (Å²) in [4.78, 5) is 0.557. The Morgan fingerprint density at radius 1 is 1.39 bits per heavy atom. The number of rotatable bonds is 4. The normalized spacial score (nSPS) is 19.3. The Labute approximate surface area is 119 Å². The summed E-state index contributed by atoms with van der Waals surface area (Å²) in [7, 11) is 0. The summed E-state index contributed by atoms with van der Waals surface area (Å²) in [6.45, 7) is 6.84. The number of hydrogen-bond acceptors (Lipinski definition) is 1. The van der Waals surface area contributed by atoms with E-state index < -0.39 is 0 Å². The first-order chi connectivity index (χ1) is 8.47. The first-order valence-electron chi connectivity index (χ1n) is 7.15. The number of halogens is 1. The molecule has 1 aliphatic carbocycles. The Morgan fingerprint density at radius 2 is 2.06 bits per heavy atom. The topological polar surface area (TPSA) is 17.8 Å². The van der Waals surface area contributed by atoms with Gasteiger partial charge in [0.15, 0.2) is 0 Å². The molecule has 1 fully saturated rings. The summed E-state index contributed by atoms with van der Waals surface area (Å²) in [5.41, 5.74) is 1.57. The summed E-state index contributed by atoms with van der Waals surface area (Å²) in [5, 5.41) is 4.74.